The average molecular weight is 200 g/mol. The number of hydrogen-bond donors (Lipinski definition) is 2. The summed E-state index contributed by atoms with van der Waals surface area (Å²) in [7, 11) is 1.58. The zero-order valence-corrected chi connectivity index (χ0v) is 9.22. The minimum atomic E-state index is -0.371. The number of unbranched alkanes of at least 4 members (excludes halogenated alkanes) is 2. The molecule has 14 heavy (non-hydrogen) atoms. The molecule has 0 aliphatic heterocycles. The van der Waals surface area contributed by atoms with Crippen molar-refractivity contribution in [1.29, 1.82) is 0 Å². The van der Waals surface area contributed by atoms with Gasteiger partial charge in [0.05, 0.1) is 0 Å². The van der Waals surface area contributed by atoms with Gasteiger partial charge in [0.2, 0.25) is 11.8 Å². The first kappa shape index (κ1) is 12.9. The van der Waals surface area contributed by atoms with Crippen LogP contribution in [0.4, 0.5) is 0 Å². The predicted molar refractivity (Wildman–Crippen MR) is 55.8 cm³/mol. The molecule has 0 spiro atoms. The van der Waals surface area contributed by atoms with E-state index in [2.05, 4.69) is 17.6 Å². The second-order valence-corrected chi connectivity index (χ2v) is 3.36. The summed E-state index contributed by atoms with van der Waals surface area (Å²) in [6.45, 7) is 3.53. The van der Waals surface area contributed by atoms with E-state index < -0.39 is 0 Å². The molecule has 2 N–H and O–H groups in total. The molecule has 0 rings (SSSR count). The molecular formula is C10H20N2O2. The van der Waals surface area contributed by atoms with Crippen molar-refractivity contribution in [2.24, 2.45) is 0 Å². The van der Waals surface area contributed by atoms with E-state index in [4.69, 9.17) is 0 Å². The van der Waals surface area contributed by atoms with Crippen LogP contribution in [-0.4, -0.2) is 24.9 Å². The van der Waals surface area contributed by atoms with E-state index in [1.807, 2.05) is 0 Å². The van der Waals surface area contributed by atoms with Gasteiger partial charge < -0.3 is 10.6 Å². The van der Waals surface area contributed by atoms with Gasteiger partial charge in [0.25, 0.3) is 0 Å². The van der Waals surface area contributed by atoms with E-state index in [9.17, 15) is 9.59 Å². The maximum atomic E-state index is 11.3. The Bertz CT molecular complexity index is 193. The van der Waals surface area contributed by atoms with Gasteiger partial charge in [-0.05, 0) is 6.42 Å². The normalized spacial score (nSPS) is 11.9. The minimum Gasteiger partial charge on any atom is -0.357 e. The maximum absolute atomic E-state index is 11.3. The van der Waals surface area contributed by atoms with Gasteiger partial charge >= 0.3 is 0 Å². The van der Waals surface area contributed by atoms with Crippen molar-refractivity contribution in [2.75, 3.05) is 7.05 Å². The highest BCUT2D eigenvalue weighted by atomic mass is 16.2. The molecule has 0 radical (unpaired) electrons. The quantitative estimate of drug-likeness (QED) is 0.624. The zero-order chi connectivity index (χ0) is 11.0. The molecule has 2 amide bonds. The number of carbonyl (C=O) groups excluding carboxylic acids is 2. The molecular weight excluding hydrogens is 180 g/mol. The van der Waals surface area contributed by atoms with E-state index in [1.165, 1.54) is 6.92 Å². The Morgan fingerprint density at radius 2 is 1.93 bits per heavy atom. The van der Waals surface area contributed by atoms with E-state index >= 15 is 0 Å². The second-order valence-electron chi connectivity index (χ2n) is 3.36. The number of likely N-dealkylation sites (N-methyl/N-ethyl adjacent to an activating group) is 1. The van der Waals surface area contributed by atoms with Gasteiger partial charge in [-0.25, -0.2) is 0 Å². The molecule has 0 aromatic heterocycles. The predicted octanol–water partition coefficient (Wildman–Crippen LogP) is 0.817. The lowest BCUT2D eigenvalue weighted by atomic mass is 10.1. The summed E-state index contributed by atoms with van der Waals surface area (Å²) in [6.07, 6.45) is 3.88. The van der Waals surface area contributed by atoms with Crippen molar-refractivity contribution in [3.8, 4) is 0 Å². The van der Waals surface area contributed by atoms with Crippen LogP contribution >= 0.6 is 0 Å². The third-order valence-electron chi connectivity index (χ3n) is 2.04. The summed E-state index contributed by atoms with van der Waals surface area (Å²) in [5, 5.41) is 5.18. The summed E-state index contributed by atoms with van der Waals surface area (Å²) < 4.78 is 0. The van der Waals surface area contributed by atoms with Crippen molar-refractivity contribution in [1.82, 2.24) is 10.6 Å². The molecule has 1 atom stereocenters. The van der Waals surface area contributed by atoms with Crippen LogP contribution in [0.3, 0.4) is 0 Å². The van der Waals surface area contributed by atoms with E-state index in [0.717, 1.165) is 19.3 Å². The molecule has 4 heteroatoms. The Morgan fingerprint density at radius 1 is 1.29 bits per heavy atom. The number of carbonyl (C=O) groups is 2. The molecule has 0 aliphatic carbocycles. The lowest BCUT2D eigenvalue weighted by Gasteiger charge is -2.15. The highest BCUT2D eigenvalue weighted by Crippen LogP contribution is 2.03. The number of nitrogens with one attached hydrogen (secondary N) is 2. The van der Waals surface area contributed by atoms with Crippen LogP contribution in [0.2, 0.25) is 0 Å². The van der Waals surface area contributed by atoms with Gasteiger partial charge in [-0.1, -0.05) is 26.2 Å². The van der Waals surface area contributed by atoms with Crippen LogP contribution in [0.5, 0.6) is 0 Å². The van der Waals surface area contributed by atoms with Gasteiger partial charge in [0, 0.05) is 14.0 Å². The Balaban J connectivity index is 3.97. The van der Waals surface area contributed by atoms with Crippen molar-refractivity contribution in [3.63, 3.8) is 0 Å². The monoisotopic (exact) mass is 200 g/mol. The maximum Gasteiger partial charge on any atom is 0.242 e. The molecule has 0 saturated heterocycles. The summed E-state index contributed by atoms with van der Waals surface area (Å²) in [6, 6.07) is -0.371. The first-order valence-electron chi connectivity index (χ1n) is 5.10. The summed E-state index contributed by atoms with van der Waals surface area (Å²) in [4.78, 5) is 22.1. The summed E-state index contributed by atoms with van der Waals surface area (Å²) >= 11 is 0. The largest absolute Gasteiger partial charge is 0.357 e. The number of hydrogen-bond acceptors (Lipinski definition) is 2. The fraction of sp³-hybridized carbons (Fsp3) is 0.800. The Morgan fingerprint density at radius 3 is 2.36 bits per heavy atom. The molecule has 0 heterocycles. The molecule has 0 bridgehead atoms. The standard InChI is InChI=1S/C10H20N2O2/c1-4-5-6-7-9(10(14)11-3)12-8(2)13/h9H,4-7H2,1-3H3,(H,11,14)(H,12,13). The van der Waals surface area contributed by atoms with Gasteiger partial charge in [0.15, 0.2) is 0 Å². The molecule has 0 aliphatic rings. The van der Waals surface area contributed by atoms with Crippen LogP contribution in [-0.2, 0) is 9.59 Å². The molecule has 82 valence electrons. The van der Waals surface area contributed by atoms with Crippen LogP contribution in [0.25, 0.3) is 0 Å². The Kier molecular flexibility index (Phi) is 6.80. The Hall–Kier alpha value is -1.06. The minimum absolute atomic E-state index is 0.115. The number of rotatable bonds is 6. The van der Waals surface area contributed by atoms with Crippen LogP contribution in [0.15, 0.2) is 0 Å². The topological polar surface area (TPSA) is 58.2 Å². The average Bonchev–Trinajstić information content (AvgIpc) is 2.15. The van der Waals surface area contributed by atoms with E-state index in [0.29, 0.717) is 6.42 Å². The first-order chi connectivity index (χ1) is 6.61. The third kappa shape index (κ3) is 5.56. The highest BCUT2D eigenvalue weighted by molar-refractivity contribution is 5.86. The van der Waals surface area contributed by atoms with Crippen molar-refractivity contribution < 1.29 is 9.59 Å². The number of amides is 2. The lowest BCUT2D eigenvalue weighted by Crippen LogP contribution is -2.44. The second kappa shape index (κ2) is 7.35. The van der Waals surface area contributed by atoms with Crippen molar-refractivity contribution in [2.45, 2.75) is 45.6 Å². The molecule has 4 nitrogen and oxygen atoms in total. The van der Waals surface area contributed by atoms with Gasteiger partial charge in [0.1, 0.15) is 6.04 Å². The zero-order valence-electron chi connectivity index (χ0n) is 9.22. The molecule has 1 unspecified atom stereocenters. The SMILES string of the molecule is CCCCCC(NC(C)=O)C(=O)NC. The van der Waals surface area contributed by atoms with E-state index in [-0.39, 0.29) is 17.9 Å². The fourth-order valence-electron chi connectivity index (χ4n) is 1.29. The van der Waals surface area contributed by atoms with Crippen molar-refractivity contribution >= 4 is 11.8 Å². The Labute approximate surface area is 85.4 Å². The fourth-order valence-corrected chi connectivity index (χ4v) is 1.29. The smallest absolute Gasteiger partial charge is 0.242 e. The third-order valence-corrected chi connectivity index (χ3v) is 2.04. The van der Waals surface area contributed by atoms with E-state index in [1.54, 1.807) is 7.05 Å². The molecule has 0 aromatic rings. The van der Waals surface area contributed by atoms with Gasteiger partial charge in [-0.3, -0.25) is 9.59 Å². The highest BCUT2D eigenvalue weighted by Gasteiger charge is 2.16. The summed E-state index contributed by atoms with van der Waals surface area (Å²) in [5.74, 6) is -0.272. The van der Waals surface area contributed by atoms with Crippen LogP contribution in [0, 0.1) is 0 Å². The van der Waals surface area contributed by atoms with Crippen molar-refractivity contribution in [3.05, 3.63) is 0 Å². The molecule has 0 fully saturated rings. The molecule has 0 aromatic carbocycles. The van der Waals surface area contributed by atoms with Crippen LogP contribution in [0.1, 0.15) is 39.5 Å². The summed E-state index contributed by atoms with van der Waals surface area (Å²) in [5.41, 5.74) is 0. The lowest BCUT2D eigenvalue weighted by molar-refractivity contribution is -0.127. The van der Waals surface area contributed by atoms with Gasteiger partial charge in [-0.2, -0.15) is 0 Å². The van der Waals surface area contributed by atoms with Gasteiger partial charge in [-0.15, -0.1) is 0 Å². The first-order valence-corrected chi connectivity index (χ1v) is 5.10. The van der Waals surface area contributed by atoms with Crippen LogP contribution < -0.4 is 10.6 Å². The molecule has 0 saturated carbocycles.